The number of nitro benzene ring substituents is 1. The van der Waals surface area contributed by atoms with E-state index in [1.165, 1.54) is 12.1 Å². The van der Waals surface area contributed by atoms with E-state index < -0.39 is 11.0 Å². The van der Waals surface area contributed by atoms with Crippen LogP contribution < -0.4 is 5.32 Å². The van der Waals surface area contributed by atoms with Gasteiger partial charge < -0.3 is 15.2 Å². The van der Waals surface area contributed by atoms with Gasteiger partial charge in [-0.25, -0.2) is 4.79 Å². The third-order valence-electron chi connectivity index (χ3n) is 5.07. The first kappa shape index (κ1) is 20.0. The van der Waals surface area contributed by atoms with Crippen LogP contribution >= 0.6 is 0 Å². The molecule has 3 aromatic rings. The Hall–Kier alpha value is -4.31. The van der Waals surface area contributed by atoms with Crippen LogP contribution in [0.1, 0.15) is 22.6 Å². The molecule has 7 heteroatoms. The van der Waals surface area contributed by atoms with Crippen molar-refractivity contribution >= 4 is 11.8 Å². The Kier molecular flexibility index (Phi) is 5.54. The quantitative estimate of drug-likeness (QED) is 0.379. The molecule has 0 saturated carbocycles. The summed E-state index contributed by atoms with van der Waals surface area (Å²) in [6, 6.07) is 19.8. The minimum Gasteiger partial charge on any atom is -0.508 e. The van der Waals surface area contributed by atoms with Crippen LogP contribution in [-0.2, 0) is 4.74 Å². The number of carbonyl (C=O) groups excluding carboxylic acids is 1. The molecule has 0 radical (unpaired) electrons. The summed E-state index contributed by atoms with van der Waals surface area (Å²) in [5.74, 6) is 5.03. The second-order valence-electron chi connectivity index (χ2n) is 6.94. The zero-order chi connectivity index (χ0) is 21.8. The first-order chi connectivity index (χ1) is 15.0. The highest BCUT2D eigenvalue weighted by Gasteiger charge is 2.28. The molecule has 0 aliphatic heterocycles. The van der Waals surface area contributed by atoms with E-state index in [1.54, 1.807) is 0 Å². The van der Waals surface area contributed by atoms with Crippen LogP contribution in [0.4, 0.5) is 10.5 Å². The Balaban J connectivity index is 1.37. The lowest BCUT2D eigenvalue weighted by atomic mass is 9.98. The molecule has 0 unspecified atom stereocenters. The molecule has 7 nitrogen and oxygen atoms in total. The van der Waals surface area contributed by atoms with Crippen molar-refractivity contribution in [1.82, 2.24) is 5.32 Å². The van der Waals surface area contributed by atoms with Gasteiger partial charge >= 0.3 is 6.09 Å². The van der Waals surface area contributed by atoms with Gasteiger partial charge in [0.25, 0.3) is 5.69 Å². The fourth-order valence-corrected chi connectivity index (χ4v) is 3.68. The monoisotopic (exact) mass is 414 g/mol. The highest BCUT2D eigenvalue weighted by molar-refractivity contribution is 5.79. The third-order valence-corrected chi connectivity index (χ3v) is 5.07. The van der Waals surface area contributed by atoms with Gasteiger partial charge in [0.2, 0.25) is 0 Å². The summed E-state index contributed by atoms with van der Waals surface area (Å²) in [7, 11) is 0. The predicted octanol–water partition coefficient (Wildman–Crippen LogP) is 4.19. The molecule has 0 spiro atoms. The number of carbonyl (C=O) groups is 1. The number of benzene rings is 3. The molecular weight excluding hydrogens is 396 g/mol. The van der Waals surface area contributed by atoms with Gasteiger partial charge in [0.15, 0.2) is 0 Å². The van der Waals surface area contributed by atoms with Crippen molar-refractivity contribution < 1.29 is 19.6 Å². The summed E-state index contributed by atoms with van der Waals surface area (Å²) in [5.41, 5.74) is 4.39. The molecule has 1 aliphatic carbocycles. The number of rotatable bonds is 4. The lowest BCUT2D eigenvalue weighted by Crippen LogP contribution is -2.26. The zero-order valence-corrected chi connectivity index (χ0v) is 16.4. The first-order valence-corrected chi connectivity index (χ1v) is 9.59. The van der Waals surface area contributed by atoms with Crippen LogP contribution in [-0.4, -0.2) is 29.3 Å². The number of amides is 1. The number of hydrogen-bond acceptors (Lipinski definition) is 5. The van der Waals surface area contributed by atoms with Crippen molar-refractivity contribution in [1.29, 1.82) is 0 Å². The van der Waals surface area contributed by atoms with E-state index in [-0.39, 0.29) is 36.1 Å². The van der Waals surface area contributed by atoms with Crippen molar-refractivity contribution in [2.75, 3.05) is 13.2 Å². The van der Waals surface area contributed by atoms with Crippen LogP contribution in [0, 0.1) is 22.0 Å². The van der Waals surface area contributed by atoms with Crippen LogP contribution in [0.5, 0.6) is 5.75 Å². The van der Waals surface area contributed by atoms with Gasteiger partial charge in [0.05, 0.1) is 17.5 Å². The van der Waals surface area contributed by atoms with E-state index in [2.05, 4.69) is 29.3 Å². The van der Waals surface area contributed by atoms with Gasteiger partial charge in [0.1, 0.15) is 17.9 Å². The molecule has 0 aromatic heterocycles. The summed E-state index contributed by atoms with van der Waals surface area (Å²) in [5, 5.41) is 22.9. The number of hydrogen-bond donors (Lipinski definition) is 2. The molecule has 0 heterocycles. The lowest BCUT2D eigenvalue weighted by Gasteiger charge is -2.14. The molecule has 0 saturated heterocycles. The van der Waals surface area contributed by atoms with Crippen LogP contribution in [0.2, 0.25) is 0 Å². The maximum absolute atomic E-state index is 12.1. The number of alkyl carbamates (subject to hydrolysis) is 1. The summed E-state index contributed by atoms with van der Waals surface area (Å²) >= 11 is 0. The normalized spacial score (nSPS) is 11.6. The van der Waals surface area contributed by atoms with Crippen LogP contribution in [0.15, 0.2) is 66.7 Å². The van der Waals surface area contributed by atoms with Crippen molar-refractivity contribution in [2.45, 2.75) is 5.92 Å². The second-order valence-corrected chi connectivity index (χ2v) is 6.94. The maximum Gasteiger partial charge on any atom is 0.407 e. The molecule has 0 atom stereocenters. The molecule has 31 heavy (non-hydrogen) atoms. The van der Waals surface area contributed by atoms with E-state index in [1.807, 2.05) is 36.4 Å². The molecule has 0 fully saturated rings. The van der Waals surface area contributed by atoms with E-state index in [9.17, 15) is 20.0 Å². The van der Waals surface area contributed by atoms with Gasteiger partial charge in [-0.2, -0.15) is 0 Å². The number of phenols is 1. The predicted molar refractivity (Wildman–Crippen MR) is 115 cm³/mol. The van der Waals surface area contributed by atoms with Crippen molar-refractivity contribution in [3.05, 3.63) is 93.5 Å². The van der Waals surface area contributed by atoms with Crippen LogP contribution in [0.25, 0.3) is 11.1 Å². The fourth-order valence-electron chi connectivity index (χ4n) is 3.68. The molecular formula is C24H18N2O5. The number of phenolic OH excluding ortho intramolecular Hbond substituents is 1. The van der Waals surface area contributed by atoms with Gasteiger partial charge in [-0.15, -0.1) is 0 Å². The fraction of sp³-hybridized carbons (Fsp3) is 0.125. The Labute approximate surface area is 178 Å². The Morgan fingerprint density at radius 2 is 1.71 bits per heavy atom. The minimum atomic E-state index is -0.622. The second kappa shape index (κ2) is 8.59. The van der Waals surface area contributed by atoms with Gasteiger partial charge in [-0.05, 0) is 34.4 Å². The molecule has 3 aromatic carbocycles. The summed E-state index contributed by atoms with van der Waals surface area (Å²) in [4.78, 5) is 22.5. The molecule has 2 N–H and O–H groups in total. The molecule has 1 amide bonds. The number of ether oxygens (including phenoxy) is 1. The average molecular weight is 414 g/mol. The topological polar surface area (TPSA) is 102 Å². The molecule has 0 bridgehead atoms. The first-order valence-electron chi connectivity index (χ1n) is 9.59. The van der Waals surface area contributed by atoms with Crippen molar-refractivity contribution in [3.8, 4) is 28.7 Å². The van der Waals surface area contributed by atoms with Gasteiger partial charge in [-0.1, -0.05) is 60.4 Å². The Morgan fingerprint density at radius 3 is 2.35 bits per heavy atom. The van der Waals surface area contributed by atoms with E-state index in [0.717, 1.165) is 28.3 Å². The van der Waals surface area contributed by atoms with Crippen molar-refractivity contribution in [2.24, 2.45) is 0 Å². The SMILES string of the molecule is O=C(NCC#Cc1ccc(O)cc1[N+](=O)[O-])OCC1c2ccccc2-c2ccccc21. The number of nitro groups is 1. The van der Waals surface area contributed by atoms with E-state index in [0.29, 0.717) is 0 Å². The zero-order valence-electron chi connectivity index (χ0n) is 16.4. The highest BCUT2D eigenvalue weighted by atomic mass is 16.6. The summed E-state index contributed by atoms with van der Waals surface area (Å²) in [6.07, 6.45) is -0.614. The Bertz CT molecular complexity index is 1180. The van der Waals surface area contributed by atoms with Crippen LogP contribution in [0.3, 0.4) is 0 Å². The van der Waals surface area contributed by atoms with E-state index >= 15 is 0 Å². The largest absolute Gasteiger partial charge is 0.508 e. The molecule has 1 aliphatic rings. The standard InChI is InChI=1S/C24H18N2O5/c27-17-12-11-16(23(14-17)26(29)30)6-5-13-25-24(28)31-15-22-20-9-3-1-7-18(20)19-8-2-4-10-21(19)22/h1-4,7-12,14,22,27H,13,15H2,(H,25,28). The average Bonchev–Trinajstić information content (AvgIpc) is 3.10. The lowest BCUT2D eigenvalue weighted by molar-refractivity contribution is -0.385. The summed E-state index contributed by atoms with van der Waals surface area (Å²) < 4.78 is 5.41. The minimum absolute atomic E-state index is 0.0330. The molecule has 154 valence electrons. The number of aromatic hydroxyl groups is 1. The number of fused-ring (bicyclic) bond motifs is 3. The summed E-state index contributed by atoms with van der Waals surface area (Å²) in [6.45, 7) is 0.158. The number of nitrogens with zero attached hydrogens (tertiary/aromatic N) is 1. The number of nitrogens with one attached hydrogen (secondary N) is 1. The molecule has 4 rings (SSSR count). The van der Waals surface area contributed by atoms with Crippen molar-refractivity contribution in [3.63, 3.8) is 0 Å². The maximum atomic E-state index is 12.1. The third kappa shape index (κ3) is 4.19. The smallest absolute Gasteiger partial charge is 0.407 e. The van der Waals surface area contributed by atoms with Gasteiger partial charge in [0, 0.05) is 5.92 Å². The van der Waals surface area contributed by atoms with E-state index in [4.69, 9.17) is 4.74 Å². The van der Waals surface area contributed by atoms with Gasteiger partial charge in [-0.3, -0.25) is 10.1 Å². The Morgan fingerprint density at radius 1 is 1.06 bits per heavy atom. The highest BCUT2D eigenvalue weighted by Crippen LogP contribution is 2.44.